The van der Waals surface area contributed by atoms with Gasteiger partial charge in [-0.1, -0.05) is 44.6 Å². The fraction of sp³-hybridized carbons (Fsp3) is 0.476. The van der Waals surface area contributed by atoms with E-state index in [-0.39, 0.29) is 11.4 Å². The van der Waals surface area contributed by atoms with Gasteiger partial charge >= 0.3 is 5.97 Å². The molecule has 1 aromatic carbocycles. The van der Waals surface area contributed by atoms with Crippen molar-refractivity contribution in [2.45, 2.75) is 58.1 Å². The van der Waals surface area contributed by atoms with Crippen LogP contribution in [-0.4, -0.2) is 28.2 Å². The summed E-state index contributed by atoms with van der Waals surface area (Å²) in [4.78, 5) is 18.6. The zero-order valence-electron chi connectivity index (χ0n) is 17.2. The molecule has 1 aliphatic rings. The number of benzene rings is 1. The molecule has 1 fully saturated rings. The van der Waals surface area contributed by atoms with Gasteiger partial charge in [-0.15, -0.1) is 11.3 Å². The van der Waals surface area contributed by atoms with E-state index in [1.165, 1.54) is 11.8 Å². The average Bonchev–Trinajstić information content (AvgIpc) is 3.24. The highest BCUT2D eigenvalue weighted by molar-refractivity contribution is 7.80. The second kappa shape index (κ2) is 8.20. The van der Waals surface area contributed by atoms with Crippen LogP contribution in [0.2, 0.25) is 5.02 Å². The number of thiocarbonyl (C=S) groups is 1. The van der Waals surface area contributed by atoms with Crippen molar-refractivity contribution < 1.29 is 14.3 Å². The molecule has 0 atom stereocenters. The molecular formula is C21H25ClN2O3S2. The Morgan fingerprint density at radius 3 is 2.62 bits per heavy atom. The van der Waals surface area contributed by atoms with Crippen LogP contribution in [0.3, 0.4) is 0 Å². The summed E-state index contributed by atoms with van der Waals surface area (Å²) in [6.07, 6.45) is 3.80. The number of ether oxygens (including phenoxy) is 2. The molecule has 2 aromatic rings. The predicted molar refractivity (Wildman–Crippen MR) is 120 cm³/mol. The van der Waals surface area contributed by atoms with Crippen LogP contribution in [0, 0.1) is 0 Å². The number of halogens is 1. The number of esters is 1. The number of nitrogens with zero attached hydrogens (tertiary/aromatic N) is 2. The normalized spacial score (nSPS) is 15.9. The fourth-order valence-corrected chi connectivity index (χ4v) is 4.50. The molecule has 1 saturated carbocycles. The van der Waals surface area contributed by atoms with E-state index in [0.29, 0.717) is 27.9 Å². The highest BCUT2D eigenvalue weighted by Crippen LogP contribution is 2.41. The molecule has 0 N–H and O–H groups in total. The van der Waals surface area contributed by atoms with E-state index in [0.717, 1.165) is 17.6 Å². The number of carbonyl (C=O) groups is 1. The molecule has 29 heavy (non-hydrogen) atoms. The summed E-state index contributed by atoms with van der Waals surface area (Å²) in [5.41, 5.74) is 0.202. The predicted octanol–water partition coefficient (Wildman–Crippen LogP) is 4.88. The third kappa shape index (κ3) is 5.27. The number of rotatable bonds is 5. The van der Waals surface area contributed by atoms with E-state index in [1.54, 1.807) is 36.6 Å². The zero-order chi connectivity index (χ0) is 21.4. The standard InChI is InChI=1S/C21H25ClN2O3S2/c1-13(25)27-21(8-9-21)12-24-11-17(20(2,3)4)29-19(24)23-18(28)15-10-14(22)6-7-16(15)26-5/h6-7,10-11H,8-9,12H2,1-5H3/b23-19-. The molecule has 0 bridgehead atoms. The van der Waals surface area contributed by atoms with Crippen molar-refractivity contribution in [2.75, 3.05) is 7.11 Å². The van der Waals surface area contributed by atoms with Crippen LogP contribution in [0.1, 0.15) is 51.0 Å². The molecular weight excluding hydrogens is 428 g/mol. The van der Waals surface area contributed by atoms with Crippen LogP contribution in [0.5, 0.6) is 5.75 Å². The molecule has 1 aromatic heterocycles. The Morgan fingerprint density at radius 1 is 1.38 bits per heavy atom. The van der Waals surface area contributed by atoms with Gasteiger partial charge in [0.05, 0.1) is 19.2 Å². The average molecular weight is 453 g/mol. The maximum absolute atomic E-state index is 11.5. The van der Waals surface area contributed by atoms with Crippen LogP contribution in [0.25, 0.3) is 0 Å². The topological polar surface area (TPSA) is 52.8 Å². The number of hydrogen-bond acceptors (Lipinski definition) is 5. The fourth-order valence-electron chi connectivity index (χ4n) is 2.97. The van der Waals surface area contributed by atoms with Gasteiger partial charge in [-0.3, -0.25) is 4.79 Å². The van der Waals surface area contributed by atoms with Gasteiger partial charge in [0.1, 0.15) is 16.3 Å². The van der Waals surface area contributed by atoms with Gasteiger partial charge in [0.2, 0.25) is 0 Å². The third-order valence-corrected chi connectivity index (χ3v) is 6.67. The molecule has 0 aliphatic heterocycles. The quantitative estimate of drug-likeness (QED) is 0.479. The second-order valence-corrected chi connectivity index (χ2v) is 10.1. The first-order chi connectivity index (χ1) is 13.5. The Kier molecular flexibility index (Phi) is 6.22. The van der Waals surface area contributed by atoms with Gasteiger partial charge in [-0.2, -0.15) is 0 Å². The maximum Gasteiger partial charge on any atom is 0.303 e. The van der Waals surface area contributed by atoms with Gasteiger partial charge in [-0.25, -0.2) is 4.99 Å². The monoisotopic (exact) mass is 452 g/mol. The van der Waals surface area contributed by atoms with Gasteiger partial charge in [0.25, 0.3) is 0 Å². The summed E-state index contributed by atoms with van der Waals surface area (Å²) >= 11 is 13.3. The molecule has 0 saturated heterocycles. The van der Waals surface area contributed by atoms with Crippen molar-refractivity contribution in [2.24, 2.45) is 4.99 Å². The molecule has 8 heteroatoms. The molecule has 156 valence electrons. The Bertz CT molecular complexity index is 1010. The van der Waals surface area contributed by atoms with Gasteiger partial charge < -0.3 is 14.0 Å². The largest absolute Gasteiger partial charge is 0.496 e. The van der Waals surface area contributed by atoms with Crippen LogP contribution in [0.4, 0.5) is 0 Å². The number of hydrogen-bond donors (Lipinski definition) is 0. The summed E-state index contributed by atoms with van der Waals surface area (Å²) in [6, 6.07) is 5.30. The number of carbonyl (C=O) groups excluding carboxylic acids is 1. The van der Waals surface area contributed by atoms with Crippen molar-refractivity contribution in [3.05, 3.63) is 44.7 Å². The number of methoxy groups -OCH3 is 1. The highest BCUT2D eigenvalue weighted by atomic mass is 35.5. The van der Waals surface area contributed by atoms with E-state index in [2.05, 4.69) is 27.0 Å². The Hall–Kier alpha value is -1.70. The van der Waals surface area contributed by atoms with E-state index < -0.39 is 5.60 Å². The van der Waals surface area contributed by atoms with E-state index in [1.807, 2.05) is 4.57 Å². The minimum Gasteiger partial charge on any atom is -0.496 e. The van der Waals surface area contributed by atoms with Crippen molar-refractivity contribution in [1.29, 1.82) is 0 Å². The lowest BCUT2D eigenvalue weighted by Crippen LogP contribution is -2.29. The Labute approximate surface area is 185 Å². The summed E-state index contributed by atoms with van der Waals surface area (Å²) in [5.74, 6) is 0.368. The first-order valence-electron chi connectivity index (χ1n) is 9.36. The Morgan fingerprint density at radius 2 is 2.07 bits per heavy atom. The lowest BCUT2D eigenvalue weighted by Gasteiger charge is -2.17. The summed E-state index contributed by atoms with van der Waals surface area (Å²) < 4.78 is 13.0. The number of aromatic nitrogens is 1. The maximum atomic E-state index is 11.5. The van der Waals surface area contributed by atoms with Crippen molar-refractivity contribution >= 4 is 46.1 Å². The molecule has 1 heterocycles. The molecule has 0 radical (unpaired) electrons. The first kappa shape index (κ1) is 22.0. The first-order valence-corrected chi connectivity index (χ1v) is 11.0. The summed E-state index contributed by atoms with van der Waals surface area (Å²) in [5, 5.41) is 0.569. The summed E-state index contributed by atoms with van der Waals surface area (Å²) in [6.45, 7) is 8.48. The SMILES string of the molecule is COc1ccc(Cl)cc1C(=S)/N=c1\sc(C(C)(C)C)cn1CC1(OC(C)=O)CC1. The zero-order valence-corrected chi connectivity index (χ0v) is 19.6. The molecule has 0 amide bonds. The van der Waals surface area contributed by atoms with Crippen LogP contribution >= 0.6 is 35.2 Å². The van der Waals surface area contributed by atoms with Gasteiger partial charge in [0.15, 0.2) is 4.80 Å². The highest BCUT2D eigenvalue weighted by Gasteiger charge is 2.47. The summed E-state index contributed by atoms with van der Waals surface area (Å²) in [7, 11) is 1.59. The van der Waals surface area contributed by atoms with Gasteiger partial charge in [0, 0.05) is 23.0 Å². The number of thiazole rings is 1. The molecule has 0 unspecified atom stereocenters. The smallest absolute Gasteiger partial charge is 0.303 e. The molecule has 0 spiro atoms. The lowest BCUT2D eigenvalue weighted by atomic mass is 9.95. The van der Waals surface area contributed by atoms with Crippen molar-refractivity contribution in [3.8, 4) is 5.75 Å². The van der Waals surface area contributed by atoms with E-state index >= 15 is 0 Å². The van der Waals surface area contributed by atoms with Crippen LogP contribution < -0.4 is 9.54 Å². The van der Waals surface area contributed by atoms with Crippen molar-refractivity contribution in [1.82, 2.24) is 4.57 Å². The van der Waals surface area contributed by atoms with Crippen molar-refractivity contribution in [3.63, 3.8) is 0 Å². The van der Waals surface area contributed by atoms with E-state index in [4.69, 9.17) is 38.3 Å². The molecule has 1 aliphatic carbocycles. The molecule has 3 rings (SSSR count). The minimum absolute atomic E-state index is 0.0340. The lowest BCUT2D eigenvalue weighted by molar-refractivity contribution is -0.149. The van der Waals surface area contributed by atoms with Crippen LogP contribution in [0.15, 0.2) is 29.4 Å². The van der Waals surface area contributed by atoms with E-state index in [9.17, 15) is 4.79 Å². The second-order valence-electron chi connectivity index (χ2n) is 8.29. The van der Waals surface area contributed by atoms with Crippen LogP contribution in [-0.2, 0) is 21.5 Å². The van der Waals surface area contributed by atoms with Gasteiger partial charge in [-0.05, 0) is 36.5 Å². The Balaban J connectivity index is 2.03. The minimum atomic E-state index is -0.438. The third-order valence-electron chi connectivity index (χ3n) is 4.67. The molecule has 5 nitrogen and oxygen atoms in total.